The lowest BCUT2D eigenvalue weighted by molar-refractivity contribution is -0.112. The van der Waals surface area contributed by atoms with Gasteiger partial charge in [-0.15, -0.1) is 0 Å². The molecule has 1 unspecified atom stereocenters. The molecule has 0 bridgehead atoms. The van der Waals surface area contributed by atoms with Crippen LogP contribution in [0.15, 0.2) is 91.3 Å². The second kappa shape index (κ2) is 9.49. The van der Waals surface area contributed by atoms with Gasteiger partial charge in [-0.3, -0.25) is 4.57 Å². The average Bonchev–Trinajstić information content (AvgIpc) is 3.22. The van der Waals surface area contributed by atoms with Crippen molar-refractivity contribution in [1.82, 2.24) is 19.5 Å². The standard InChI is InChI=1S/C30H25ClFN5O4/c1-39-20-14-12-19(13-15-20)30(17-8-4-2-5-9-17,18-10-6-3-7-11-18)41-24-23-29(24,38)22(32)27(40-23)37-16-34-21-25(33)35-28(31)36-26(21)37/h2-16,22-24,27,38H,1H3,(H2,33,35,36)/t22-,23-,24?,27-,29+/m1/s1. The highest BCUT2D eigenvalue weighted by atomic mass is 35.5. The number of hydrogen-bond acceptors (Lipinski definition) is 8. The summed E-state index contributed by atoms with van der Waals surface area (Å²) in [5.41, 5.74) is 5.65. The Kier molecular flexibility index (Phi) is 5.98. The fraction of sp³-hybridized carbons (Fsp3) is 0.233. The number of nitrogen functional groups attached to an aromatic ring is 1. The van der Waals surface area contributed by atoms with Crippen LogP contribution in [0.2, 0.25) is 5.28 Å². The number of aliphatic hydroxyl groups is 1. The predicted octanol–water partition coefficient (Wildman–Crippen LogP) is 4.43. The highest BCUT2D eigenvalue weighted by Gasteiger charge is 2.80. The van der Waals surface area contributed by atoms with E-state index in [1.165, 1.54) is 10.9 Å². The van der Waals surface area contributed by atoms with E-state index in [4.69, 9.17) is 31.5 Å². The molecule has 2 fully saturated rings. The Morgan fingerprint density at radius 3 is 2.15 bits per heavy atom. The number of fused-ring (bicyclic) bond motifs is 2. The number of imidazole rings is 1. The number of rotatable bonds is 7. The Morgan fingerprint density at radius 1 is 0.976 bits per heavy atom. The summed E-state index contributed by atoms with van der Waals surface area (Å²) in [6, 6.07) is 26.8. The van der Waals surface area contributed by atoms with E-state index in [2.05, 4.69) is 15.0 Å². The quantitative estimate of drug-likeness (QED) is 0.217. The SMILES string of the molecule is COc1ccc(C(OC2[C@H]3O[C@@H](n4cnc5c(N)nc(Cl)nc54)[C@@H](F)[C@@]23O)(c2ccccc2)c2ccccc2)cc1. The van der Waals surface area contributed by atoms with E-state index in [-0.39, 0.29) is 22.3 Å². The van der Waals surface area contributed by atoms with Crippen LogP contribution in [0, 0.1) is 0 Å². The number of hydrogen-bond donors (Lipinski definition) is 2. The summed E-state index contributed by atoms with van der Waals surface area (Å²) >= 11 is 6.00. The molecule has 2 aliphatic rings. The first-order valence-electron chi connectivity index (χ1n) is 13.0. The number of alkyl halides is 1. The minimum absolute atomic E-state index is 0.0623. The van der Waals surface area contributed by atoms with Gasteiger partial charge in [0.15, 0.2) is 29.5 Å². The Balaban J connectivity index is 1.29. The zero-order valence-electron chi connectivity index (χ0n) is 21.8. The van der Waals surface area contributed by atoms with E-state index >= 15 is 4.39 Å². The molecule has 1 saturated heterocycles. The molecule has 41 heavy (non-hydrogen) atoms. The van der Waals surface area contributed by atoms with Crippen molar-refractivity contribution in [3.63, 3.8) is 0 Å². The molecular formula is C30H25ClFN5O4. The lowest BCUT2D eigenvalue weighted by Crippen LogP contribution is -2.40. The van der Waals surface area contributed by atoms with Crippen molar-refractivity contribution in [1.29, 1.82) is 0 Å². The van der Waals surface area contributed by atoms with E-state index in [9.17, 15) is 5.11 Å². The lowest BCUT2D eigenvalue weighted by Gasteiger charge is -2.37. The van der Waals surface area contributed by atoms with Crippen molar-refractivity contribution < 1.29 is 23.7 Å². The van der Waals surface area contributed by atoms with Crippen molar-refractivity contribution in [3.05, 3.63) is 113 Å². The van der Waals surface area contributed by atoms with E-state index in [1.54, 1.807) is 7.11 Å². The molecule has 1 saturated carbocycles. The third-order valence-electron chi connectivity index (χ3n) is 7.91. The van der Waals surface area contributed by atoms with Gasteiger partial charge in [0.1, 0.15) is 29.1 Å². The normalized spacial score (nSPS) is 25.3. The van der Waals surface area contributed by atoms with E-state index in [0.717, 1.165) is 16.7 Å². The van der Waals surface area contributed by atoms with Gasteiger partial charge in [0, 0.05) is 0 Å². The van der Waals surface area contributed by atoms with Crippen LogP contribution in [0.5, 0.6) is 5.75 Å². The molecule has 5 atom stereocenters. The molecule has 0 spiro atoms. The molecule has 3 aromatic carbocycles. The van der Waals surface area contributed by atoms with Gasteiger partial charge in [0.2, 0.25) is 5.28 Å². The monoisotopic (exact) mass is 573 g/mol. The summed E-state index contributed by atoms with van der Waals surface area (Å²) in [5.74, 6) is 0.741. The summed E-state index contributed by atoms with van der Waals surface area (Å²) in [5, 5.41) is 11.6. The van der Waals surface area contributed by atoms with E-state index in [1.807, 2.05) is 84.9 Å². The number of nitrogens with two attached hydrogens (primary N) is 1. The van der Waals surface area contributed by atoms with Crippen LogP contribution in [0.25, 0.3) is 11.2 Å². The summed E-state index contributed by atoms with van der Waals surface area (Å²) in [6.45, 7) is 0. The largest absolute Gasteiger partial charge is 0.497 e. The van der Waals surface area contributed by atoms with Crippen molar-refractivity contribution in [2.24, 2.45) is 0 Å². The van der Waals surface area contributed by atoms with Crippen LogP contribution in [-0.2, 0) is 15.1 Å². The number of nitrogens with zero attached hydrogens (tertiary/aromatic N) is 4. The second-order valence-corrected chi connectivity index (χ2v) is 10.5. The first-order valence-corrected chi connectivity index (χ1v) is 13.4. The molecule has 0 radical (unpaired) electrons. The Bertz CT molecular complexity index is 1680. The highest BCUT2D eigenvalue weighted by Crippen LogP contribution is 2.60. The molecule has 1 aliphatic heterocycles. The molecule has 208 valence electrons. The molecule has 9 nitrogen and oxygen atoms in total. The van der Waals surface area contributed by atoms with Crippen molar-refractivity contribution in [2.75, 3.05) is 12.8 Å². The minimum Gasteiger partial charge on any atom is -0.497 e. The first-order chi connectivity index (χ1) is 19.9. The third-order valence-corrected chi connectivity index (χ3v) is 8.08. The van der Waals surface area contributed by atoms with Gasteiger partial charge in [-0.25, -0.2) is 9.37 Å². The number of methoxy groups -OCH3 is 1. The fourth-order valence-electron chi connectivity index (χ4n) is 5.80. The van der Waals surface area contributed by atoms with Crippen molar-refractivity contribution in [2.45, 2.75) is 35.8 Å². The maximum Gasteiger partial charge on any atom is 0.226 e. The summed E-state index contributed by atoms with van der Waals surface area (Å²) in [6.07, 6.45) is -3.69. The average molecular weight is 574 g/mol. The van der Waals surface area contributed by atoms with Crippen LogP contribution >= 0.6 is 11.6 Å². The molecule has 11 heteroatoms. The zero-order valence-corrected chi connectivity index (χ0v) is 22.5. The predicted molar refractivity (Wildman–Crippen MR) is 149 cm³/mol. The molecule has 3 N–H and O–H groups in total. The van der Waals surface area contributed by atoms with E-state index < -0.39 is 35.8 Å². The Labute approximate surface area is 239 Å². The van der Waals surface area contributed by atoms with Gasteiger partial charge >= 0.3 is 0 Å². The van der Waals surface area contributed by atoms with Crippen LogP contribution in [-0.4, -0.2) is 55.7 Å². The summed E-state index contributed by atoms with van der Waals surface area (Å²) < 4.78 is 35.9. The molecular weight excluding hydrogens is 549 g/mol. The van der Waals surface area contributed by atoms with Gasteiger partial charge in [-0.1, -0.05) is 72.8 Å². The number of benzene rings is 3. The van der Waals surface area contributed by atoms with Crippen LogP contribution in [0.3, 0.4) is 0 Å². The molecule has 1 aliphatic carbocycles. The smallest absolute Gasteiger partial charge is 0.226 e. The molecule has 2 aromatic heterocycles. The number of anilines is 1. The second-order valence-electron chi connectivity index (χ2n) is 10.1. The molecule has 5 aromatic rings. The third kappa shape index (κ3) is 3.82. The summed E-state index contributed by atoms with van der Waals surface area (Å²) in [4.78, 5) is 12.2. The van der Waals surface area contributed by atoms with Gasteiger partial charge in [-0.2, -0.15) is 9.97 Å². The fourth-order valence-corrected chi connectivity index (χ4v) is 5.97. The lowest BCUT2D eigenvalue weighted by atomic mass is 9.80. The van der Waals surface area contributed by atoms with Crippen LogP contribution in [0.1, 0.15) is 22.9 Å². The molecule has 0 amide bonds. The zero-order chi connectivity index (χ0) is 28.4. The van der Waals surface area contributed by atoms with Gasteiger partial charge in [0.05, 0.1) is 13.4 Å². The van der Waals surface area contributed by atoms with Crippen molar-refractivity contribution >= 4 is 28.6 Å². The maximum atomic E-state index is 16.2. The minimum atomic E-state index is -1.93. The maximum absolute atomic E-state index is 16.2. The van der Waals surface area contributed by atoms with Gasteiger partial charge in [0.25, 0.3) is 0 Å². The number of ether oxygens (including phenoxy) is 3. The summed E-state index contributed by atoms with van der Waals surface area (Å²) in [7, 11) is 1.60. The van der Waals surface area contributed by atoms with Gasteiger partial charge in [-0.05, 0) is 40.4 Å². The van der Waals surface area contributed by atoms with Crippen molar-refractivity contribution in [3.8, 4) is 5.75 Å². The Hall–Kier alpha value is -4.09. The Morgan fingerprint density at radius 2 is 1.59 bits per heavy atom. The van der Waals surface area contributed by atoms with Gasteiger partial charge < -0.3 is 25.1 Å². The number of aromatic nitrogens is 4. The molecule has 3 heterocycles. The van der Waals surface area contributed by atoms with Crippen LogP contribution in [0.4, 0.5) is 10.2 Å². The molecule has 7 rings (SSSR count). The topological polar surface area (TPSA) is 118 Å². The van der Waals surface area contributed by atoms with E-state index in [0.29, 0.717) is 5.75 Å². The highest BCUT2D eigenvalue weighted by molar-refractivity contribution is 6.28. The number of halogens is 2. The first kappa shape index (κ1) is 25.8. The van der Waals surface area contributed by atoms with Crippen LogP contribution < -0.4 is 10.5 Å².